The van der Waals surface area contributed by atoms with Crippen LogP contribution in [0.15, 0.2) is 24.3 Å². The average Bonchev–Trinajstić information content (AvgIpc) is 3.24. The Morgan fingerprint density at radius 1 is 0.465 bits per heavy atom. The van der Waals surface area contributed by atoms with Crippen molar-refractivity contribution in [3.63, 3.8) is 0 Å². The van der Waals surface area contributed by atoms with Gasteiger partial charge in [0.15, 0.2) is 23.0 Å². The minimum Gasteiger partial charge on any atom is -0.493 e. The largest absolute Gasteiger partial charge is 0.493 e. The molecule has 0 spiro atoms. The Balaban J connectivity index is 0.00000462. The molecule has 0 atom stereocenters. The van der Waals surface area contributed by atoms with Gasteiger partial charge >= 0.3 is 0 Å². The fourth-order valence-electron chi connectivity index (χ4n) is 5.71. The van der Waals surface area contributed by atoms with Crippen molar-refractivity contribution in [3.05, 3.63) is 35.4 Å². The summed E-state index contributed by atoms with van der Waals surface area (Å²) in [6.45, 7) is 7.17. The third-order valence-corrected chi connectivity index (χ3v) is 8.01. The van der Waals surface area contributed by atoms with Gasteiger partial charge < -0.3 is 38.2 Å². The number of hydrogen-bond donors (Lipinski definition) is 0. The topological polar surface area (TPSA) is 61.9 Å². The second kappa shape index (κ2) is 21.4. The van der Waals surface area contributed by atoms with Crippen molar-refractivity contribution in [1.82, 2.24) is 9.80 Å². The van der Waals surface area contributed by atoms with Gasteiger partial charge in [-0.05, 0) is 107 Å². The summed E-state index contributed by atoms with van der Waals surface area (Å²) < 4.78 is 32.9. The van der Waals surface area contributed by atoms with Gasteiger partial charge in [-0.3, -0.25) is 0 Å². The number of aryl methyl sites for hydroxylation is 2. The molecule has 1 aliphatic rings. The van der Waals surface area contributed by atoms with Crippen LogP contribution in [0.3, 0.4) is 0 Å². The van der Waals surface area contributed by atoms with Crippen LogP contribution in [0.2, 0.25) is 0 Å². The van der Waals surface area contributed by atoms with E-state index in [1.165, 1.54) is 82.5 Å². The summed E-state index contributed by atoms with van der Waals surface area (Å²) in [6.07, 6.45) is 10.6. The predicted octanol–water partition coefficient (Wildman–Crippen LogP) is 6.72. The van der Waals surface area contributed by atoms with Crippen molar-refractivity contribution in [3.8, 4) is 34.5 Å². The van der Waals surface area contributed by atoms with Gasteiger partial charge in [0.2, 0.25) is 11.5 Å². The van der Waals surface area contributed by atoms with Crippen molar-refractivity contribution < 1.29 is 28.4 Å². The molecule has 2 aromatic carbocycles. The van der Waals surface area contributed by atoms with E-state index in [0.717, 1.165) is 48.7 Å². The molecule has 0 amide bonds. The van der Waals surface area contributed by atoms with Gasteiger partial charge in [-0.2, -0.15) is 0 Å². The fourth-order valence-corrected chi connectivity index (χ4v) is 5.71. The summed E-state index contributed by atoms with van der Waals surface area (Å²) in [5.74, 6) is 4.24. The van der Waals surface area contributed by atoms with Crippen LogP contribution in [0.5, 0.6) is 34.5 Å². The van der Waals surface area contributed by atoms with Crippen LogP contribution in [0.1, 0.15) is 56.1 Å². The number of benzene rings is 2. The summed E-state index contributed by atoms with van der Waals surface area (Å²) in [5, 5.41) is 0. The maximum atomic E-state index is 5.50. The fraction of sp³-hybridized carbons (Fsp3) is 0.636. The highest BCUT2D eigenvalue weighted by Crippen LogP contribution is 2.39. The second-order valence-electron chi connectivity index (χ2n) is 10.7. The zero-order valence-corrected chi connectivity index (χ0v) is 28.7. The standard InChI is InChI=1S/C33H52N2O6.2ClH/c1-36-28-22-26(23-29(37-2)32(28)40-5)14-9-7-11-16-34-18-13-19-35(21-20-34)17-12-8-10-15-27-24-30(38-3)33(41-6)31(25-27)39-4;;/h22-25H,7-21H2,1-6H3;2*1H. The summed E-state index contributed by atoms with van der Waals surface area (Å²) in [7, 11) is 9.96. The van der Waals surface area contributed by atoms with E-state index in [9.17, 15) is 0 Å². The maximum Gasteiger partial charge on any atom is 0.203 e. The first-order chi connectivity index (χ1) is 20.1. The van der Waals surface area contributed by atoms with E-state index in [1.807, 2.05) is 0 Å². The number of hydrogen-bond acceptors (Lipinski definition) is 8. The number of rotatable bonds is 18. The van der Waals surface area contributed by atoms with Crippen LogP contribution in [0.25, 0.3) is 0 Å². The molecule has 8 nitrogen and oxygen atoms in total. The van der Waals surface area contributed by atoms with E-state index in [1.54, 1.807) is 42.7 Å². The lowest BCUT2D eigenvalue weighted by Gasteiger charge is -2.21. The normalized spacial score (nSPS) is 13.7. The SMILES string of the molecule is COc1cc(CCCCCN2CCCN(CCCCCc3cc(OC)c(OC)c(OC)c3)CC2)cc(OC)c1OC.Cl.Cl. The summed E-state index contributed by atoms with van der Waals surface area (Å²) in [6, 6.07) is 8.27. The molecule has 0 unspecified atom stereocenters. The molecule has 2 aromatic rings. The molecule has 10 heteroatoms. The van der Waals surface area contributed by atoms with Crippen LogP contribution in [0, 0.1) is 0 Å². The molecule has 0 bridgehead atoms. The Bertz CT molecular complexity index is 927. The molecule has 246 valence electrons. The molecule has 3 rings (SSSR count). The first-order valence-corrected chi connectivity index (χ1v) is 15.1. The lowest BCUT2D eigenvalue weighted by Crippen LogP contribution is -2.32. The van der Waals surface area contributed by atoms with Gasteiger partial charge in [0.25, 0.3) is 0 Å². The van der Waals surface area contributed by atoms with Crippen LogP contribution in [0.4, 0.5) is 0 Å². The van der Waals surface area contributed by atoms with Gasteiger partial charge in [-0.25, -0.2) is 0 Å². The molecule has 1 aliphatic heterocycles. The van der Waals surface area contributed by atoms with Gasteiger partial charge in [0.1, 0.15) is 0 Å². The quantitative estimate of drug-likeness (QED) is 0.166. The first kappa shape index (κ1) is 38.8. The molecule has 43 heavy (non-hydrogen) atoms. The Kier molecular flexibility index (Phi) is 19.3. The highest BCUT2D eigenvalue weighted by Gasteiger charge is 2.16. The molecule has 0 radical (unpaired) electrons. The van der Waals surface area contributed by atoms with Gasteiger partial charge in [-0.1, -0.05) is 12.8 Å². The summed E-state index contributed by atoms with van der Waals surface area (Å²) in [4.78, 5) is 5.31. The Morgan fingerprint density at radius 3 is 1.12 bits per heavy atom. The lowest BCUT2D eigenvalue weighted by molar-refractivity contribution is 0.250. The molecule has 1 heterocycles. The van der Waals surface area contributed by atoms with Crippen molar-refractivity contribution in [2.75, 3.05) is 81.9 Å². The van der Waals surface area contributed by atoms with Gasteiger partial charge in [-0.15, -0.1) is 24.8 Å². The number of ether oxygens (including phenoxy) is 6. The monoisotopic (exact) mass is 644 g/mol. The Morgan fingerprint density at radius 2 is 0.814 bits per heavy atom. The number of unbranched alkanes of at least 4 members (excludes halogenated alkanes) is 4. The molecule has 1 saturated heterocycles. The third-order valence-electron chi connectivity index (χ3n) is 8.01. The lowest BCUT2D eigenvalue weighted by atomic mass is 10.1. The molecule has 0 aliphatic carbocycles. The van der Waals surface area contributed by atoms with Crippen molar-refractivity contribution >= 4 is 24.8 Å². The average molecular weight is 646 g/mol. The number of methoxy groups -OCH3 is 6. The van der Waals surface area contributed by atoms with E-state index in [0.29, 0.717) is 11.5 Å². The molecule has 0 aromatic heterocycles. The summed E-state index contributed by atoms with van der Waals surface area (Å²) in [5.41, 5.74) is 2.46. The van der Waals surface area contributed by atoms with Gasteiger partial charge in [0, 0.05) is 13.1 Å². The van der Waals surface area contributed by atoms with E-state index in [-0.39, 0.29) is 24.8 Å². The Labute approximate surface area is 272 Å². The van der Waals surface area contributed by atoms with Crippen LogP contribution >= 0.6 is 24.8 Å². The third kappa shape index (κ3) is 12.0. The zero-order chi connectivity index (χ0) is 29.5. The zero-order valence-electron chi connectivity index (χ0n) is 27.1. The summed E-state index contributed by atoms with van der Waals surface area (Å²) >= 11 is 0. The minimum atomic E-state index is 0. The highest BCUT2D eigenvalue weighted by atomic mass is 35.5. The first-order valence-electron chi connectivity index (χ1n) is 15.1. The van der Waals surface area contributed by atoms with E-state index >= 15 is 0 Å². The van der Waals surface area contributed by atoms with Gasteiger partial charge in [0.05, 0.1) is 42.7 Å². The highest BCUT2D eigenvalue weighted by molar-refractivity contribution is 5.85. The predicted molar refractivity (Wildman–Crippen MR) is 179 cm³/mol. The van der Waals surface area contributed by atoms with Crippen LogP contribution in [-0.2, 0) is 12.8 Å². The minimum absolute atomic E-state index is 0. The Hall–Kier alpha value is -2.26. The smallest absolute Gasteiger partial charge is 0.203 e. The number of nitrogens with zero attached hydrogens (tertiary/aromatic N) is 2. The van der Waals surface area contributed by atoms with Crippen molar-refractivity contribution in [2.24, 2.45) is 0 Å². The molecular weight excluding hydrogens is 591 g/mol. The number of halogens is 2. The van der Waals surface area contributed by atoms with E-state index < -0.39 is 0 Å². The van der Waals surface area contributed by atoms with E-state index in [2.05, 4.69) is 34.1 Å². The molecular formula is C33H54Cl2N2O6. The molecule has 1 fully saturated rings. The molecule has 0 N–H and O–H groups in total. The van der Waals surface area contributed by atoms with Crippen LogP contribution in [-0.4, -0.2) is 91.7 Å². The van der Waals surface area contributed by atoms with Crippen molar-refractivity contribution in [2.45, 2.75) is 57.8 Å². The van der Waals surface area contributed by atoms with Crippen molar-refractivity contribution in [1.29, 1.82) is 0 Å². The maximum absolute atomic E-state index is 5.50. The molecule has 0 saturated carbocycles. The second-order valence-corrected chi connectivity index (χ2v) is 10.7. The van der Waals surface area contributed by atoms with Crippen LogP contribution < -0.4 is 28.4 Å². The van der Waals surface area contributed by atoms with E-state index in [4.69, 9.17) is 28.4 Å².